The van der Waals surface area contributed by atoms with Gasteiger partial charge in [0.25, 0.3) is 5.56 Å². The van der Waals surface area contributed by atoms with Crippen molar-refractivity contribution in [3.05, 3.63) is 86.6 Å². The molecule has 0 N–H and O–H groups in total. The molecule has 1 heterocycles. The van der Waals surface area contributed by atoms with Gasteiger partial charge in [-0.15, -0.1) is 5.10 Å². The lowest BCUT2D eigenvalue weighted by molar-refractivity contribution is -0.145. The number of carbonyl (C=O) groups excluding carboxylic acids is 1. The lowest BCUT2D eigenvalue weighted by atomic mass is 10.1. The molecule has 3 rings (SSSR count). The fourth-order valence-corrected chi connectivity index (χ4v) is 3.69. The number of aromatic nitrogens is 3. The van der Waals surface area contributed by atoms with Gasteiger partial charge in [0.1, 0.15) is 18.5 Å². The summed E-state index contributed by atoms with van der Waals surface area (Å²) in [7, 11) is 3.01. The van der Waals surface area contributed by atoms with Crippen molar-refractivity contribution in [3.63, 3.8) is 0 Å². The molecule has 9 heteroatoms. The second kappa shape index (κ2) is 12.7. The van der Waals surface area contributed by atoms with E-state index >= 15 is 0 Å². The number of nitrogens with zero attached hydrogens (tertiary/aromatic N) is 4. The molecule has 0 saturated heterocycles. The minimum atomic E-state index is -0.457. The predicted octanol–water partition coefficient (Wildman–Crippen LogP) is 2.49. The number of anilines is 1. The fourth-order valence-electron chi connectivity index (χ4n) is 3.69. The van der Waals surface area contributed by atoms with Crippen molar-refractivity contribution in [1.29, 1.82) is 0 Å². The van der Waals surface area contributed by atoms with E-state index in [2.05, 4.69) is 5.10 Å². The maximum absolute atomic E-state index is 12.9. The molecule has 0 spiro atoms. The van der Waals surface area contributed by atoms with Crippen LogP contribution in [0.4, 0.5) is 5.82 Å². The minimum absolute atomic E-state index is 0.201. The molecule has 36 heavy (non-hydrogen) atoms. The quantitative estimate of drug-likeness (QED) is 0.357. The maximum Gasteiger partial charge on any atom is 0.346 e. The zero-order valence-corrected chi connectivity index (χ0v) is 21.3. The summed E-state index contributed by atoms with van der Waals surface area (Å²) in [5, 5.41) is 4.28. The summed E-state index contributed by atoms with van der Waals surface area (Å²) in [5.74, 6) is 0.694. The van der Waals surface area contributed by atoms with Crippen LogP contribution in [0, 0.1) is 0 Å². The van der Waals surface area contributed by atoms with Crippen LogP contribution in [0.5, 0.6) is 5.75 Å². The molecule has 0 radical (unpaired) electrons. The molecule has 1 unspecified atom stereocenters. The van der Waals surface area contributed by atoms with E-state index in [1.807, 2.05) is 66.4 Å². The molecule has 1 aromatic heterocycles. The van der Waals surface area contributed by atoms with Crippen molar-refractivity contribution >= 4 is 11.8 Å². The van der Waals surface area contributed by atoms with E-state index in [0.29, 0.717) is 31.7 Å². The van der Waals surface area contributed by atoms with Crippen molar-refractivity contribution in [2.45, 2.75) is 39.2 Å². The molecule has 0 bridgehead atoms. The van der Waals surface area contributed by atoms with Gasteiger partial charge in [0, 0.05) is 33.6 Å². The van der Waals surface area contributed by atoms with Gasteiger partial charge in [-0.1, -0.05) is 49.4 Å². The molecule has 9 nitrogen and oxygen atoms in total. The summed E-state index contributed by atoms with van der Waals surface area (Å²) in [6.45, 7) is 4.94. The molecule has 2 aromatic carbocycles. The predicted molar refractivity (Wildman–Crippen MR) is 139 cm³/mol. The Hall–Kier alpha value is -3.88. The Kier molecular flexibility index (Phi) is 9.44. The Labute approximate surface area is 210 Å². The summed E-state index contributed by atoms with van der Waals surface area (Å²) in [6, 6.07) is 17.8. The molecule has 0 fully saturated rings. The Morgan fingerprint density at radius 1 is 0.972 bits per heavy atom. The van der Waals surface area contributed by atoms with Crippen LogP contribution in [0.3, 0.4) is 0 Å². The smallest absolute Gasteiger partial charge is 0.346 e. The van der Waals surface area contributed by atoms with Gasteiger partial charge in [0.2, 0.25) is 5.82 Å². The summed E-state index contributed by atoms with van der Waals surface area (Å²) in [6.07, 6.45) is 1.49. The lowest BCUT2D eigenvalue weighted by Crippen LogP contribution is -2.44. The van der Waals surface area contributed by atoms with E-state index < -0.39 is 11.2 Å². The van der Waals surface area contributed by atoms with Crippen molar-refractivity contribution in [1.82, 2.24) is 14.3 Å². The number of esters is 1. The van der Waals surface area contributed by atoms with Crippen LogP contribution in [-0.4, -0.2) is 46.1 Å². The number of ether oxygens (including phenoxy) is 2. The summed E-state index contributed by atoms with van der Waals surface area (Å²) < 4.78 is 13.2. The molecule has 1 atom stereocenters. The minimum Gasteiger partial charge on any atom is -0.487 e. The first-order valence-electron chi connectivity index (χ1n) is 12.1. The second-order valence-electron chi connectivity index (χ2n) is 8.68. The summed E-state index contributed by atoms with van der Waals surface area (Å²) in [4.78, 5) is 38.2. The molecule has 3 aromatic rings. The van der Waals surface area contributed by atoms with E-state index in [9.17, 15) is 14.4 Å². The van der Waals surface area contributed by atoms with Gasteiger partial charge in [-0.3, -0.25) is 14.2 Å². The van der Waals surface area contributed by atoms with Crippen molar-refractivity contribution in [2.24, 2.45) is 14.1 Å². The molecule has 0 saturated carbocycles. The average Bonchev–Trinajstić information content (AvgIpc) is 2.90. The van der Waals surface area contributed by atoms with E-state index in [0.717, 1.165) is 22.1 Å². The van der Waals surface area contributed by atoms with Crippen LogP contribution in [0.25, 0.3) is 0 Å². The van der Waals surface area contributed by atoms with Gasteiger partial charge < -0.3 is 14.4 Å². The normalized spacial score (nSPS) is 11.7. The Balaban J connectivity index is 1.69. The molecule has 0 amide bonds. The molecule has 0 aliphatic carbocycles. The van der Waals surface area contributed by atoms with Crippen LogP contribution >= 0.6 is 0 Å². The number of rotatable bonds is 12. The van der Waals surface area contributed by atoms with Gasteiger partial charge in [-0.05, 0) is 43.0 Å². The number of benzene rings is 2. The van der Waals surface area contributed by atoms with Gasteiger partial charge in [0.05, 0.1) is 0 Å². The summed E-state index contributed by atoms with van der Waals surface area (Å²) in [5.41, 5.74) is 1.36. The molecular weight excluding hydrogens is 460 g/mol. The lowest BCUT2D eigenvalue weighted by Gasteiger charge is -2.24. The van der Waals surface area contributed by atoms with E-state index in [1.54, 1.807) is 14.0 Å². The molecular formula is C27H34N4O5. The van der Waals surface area contributed by atoms with Crippen LogP contribution < -0.4 is 20.9 Å². The monoisotopic (exact) mass is 494 g/mol. The Morgan fingerprint density at radius 2 is 1.58 bits per heavy atom. The highest BCUT2D eigenvalue weighted by Crippen LogP contribution is 2.16. The SMILES string of the molecule is CCC(=O)OCC(C)Oc1ccc(CCN(CCc2ccccc2)c2nn(C)c(=O)n(C)c2=O)cc1. The van der Waals surface area contributed by atoms with Crippen molar-refractivity contribution in [2.75, 3.05) is 24.6 Å². The first-order chi connectivity index (χ1) is 17.3. The van der Waals surface area contributed by atoms with E-state index in [4.69, 9.17) is 9.47 Å². The maximum atomic E-state index is 12.9. The van der Waals surface area contributed by atoms with Crippen LogP contribution in [0.2, 0.25) is 0 Å². The topological polar surface area (TPSA) is 95.7 Å². The third-order valence-electron chi connectivity index (χ3n) is 5.82. The average molecular weight is 495 g/mol. The number of carbonyl (C=O) groups is 1. The molecule has 0 aliphatic heterocycles. The Morgan fingerprint density at radius 3 is 2.19 bits per heavy atom. The van der Waals surface area contributed by atoms with Crippen LogP contribution in [0.15, 0.2) is 64.2 Å². The van der Waals surface area contributed by atoms with Gasteiger partial charge in [-0.2, -0.15) is 0 Å². The summed E-state index contributed by atoms with van der Waals surface area (Å²) >= 11 is 0. The van der Waals surface area contributed by atoms with Crippen molar-refractivity contribution < 1.29 is 14.3 Å². The third kappa shape index (κ3) is 7.31. The van der Waals surface area contributed by atoms with E-state index in [-0.39, 0.29) is 24.5 Å². The second-order valence-corrected chi connectivity index (χ2v) is 8.68. The molecule has 0 aliphatic rings. The van der Waals surface area contributed by atoms with E-state index in [1.165, 1.54) is 11.7 Å². The highest BCUT2D eigenvalue weighted by atomic mass is 16.6. The van der Waals surface area contributed by atoms with Crippen LogP contribution in [-0.2, 0) is 36.5 Å². The molecule has 192 valence electrons. The number of aryl methyl sites for hydroxylation is 1. The standard InChI is InChI=1S/C27H34N4O5/c1-5-24(32)35-19-20(2)36-23-13-11-22(12-14-23)16-18-31(17-15-21-9-7-6-8-10-21)25-26(33)29(3)27(34)30(4)28-25/h6-14,20H,5,15-19H2,1-4H3. The zero-order valence-electron chi connectivity index (χ0n) is 21.3. The first-order valence-corrected chi connectivity index (χ1v) is 12.1. The van der Waals surface area contributed by atoms with Gasteiger partial charge >= 0.3 is 11.7 Å². The number of hydrogen-bond donors (Lipinski definition) is 0. The zero-order chi connectivity index (χ0) is 26.1. The largest absolute Gasteiger partial charge is 0.487 e. The Bertz CT molecular complexity index is 1250. The third-order valence-corrected chi connectivity index (χ3v) is 5.82. The highest BCUT2D eigenvalue weighted by Gasteiger charge is 2.17. The first kappa shape index (κ1) is 26.7. The fraction of sp³-hybridized carbons (Fsp3) is 0.407. The van der Waals surface area contributed by atoms with Crippen molar-refractivity contribution in [3.8, 4) is 5.75 Å². The van der Waals surface area contributed by atoms with Gasteiger partial charge in [0.15, 0.2) is 0 Å². The highest BCUT2D eigenvalue weighted by molar-refractivity contribution is 5.68. The van der Waals surface area contributed by atoms with Crippen LogP contribution in [0.1, 0.15) is 31.4 Å². The van der Waals surface area contributed by atoms with Gasteiger partial charge in [-0.25, -0.2) is 9.48 Å². The number of hydrogen-bond acceptors (Lipinski definition) is 7.